The molecule has 21 heavy (non-hydrogen) atoms. The van der Waals surface area contributed by atoms with Crippen LogP contribution >= 0.6 is 0 Å². The zero-order valence-electron chi connectivity index (χ0n) is 14.1. The highest BCUT2D eigenvalue weighted by Gasteiger charge is 2.33. The molecule has 1 atom stereocenters. The van der Waals surface area contributed by atoms with Gasteiger partial charge >= 0.3 is 0 Å². The molecule has 1 rings (SSSR count). The van der Waals surface area contributed by atoms with E-state index in [1.54, 1.807) is 7.05 Å². The van der Waals surface area contributed by atoms with Gasteiger partial charge in [-0.15, -0.1) is 0 Å². The predicted molar refractivity (Wildman–Crippen MR) is 85.5 cm³/mol. The van der Waals surface area contributed by atoms with E-state index in [1.807, 2.05) is 0 Å². The Labute approximate surface area is 130 Å². The van der Waals surface area contributed by atoms with Crippen molar-refractivity contribution in [2.45, 2.75) is 40.2 Å². The molecular formula is C14H31N3O3S. The van der Waals surface area contributed by atoms with Gasteiger partial charge < -0.3 is 10.1 Å². The van der Waals surface area contributed by atoms with Gasteiger partial charge in [-0.2, -0.15) is 17.0 Å². The third kappa shape index (κ3) is 5.49. The van der Waals surface area contributed by atoms with Gasteiger partial charge in [0.15, 0.2) is 0 Å². The number of ether oxygens (including phenoxy) is 1. The Morgan fingerprint density at radius 3 is 2.33 bits per heavy atom. The predicted octanol–water partition coefficient (Wildman–Crippen LogP) is 0.910. The van der Waals surface area contributed by atoms with Crippen LogP contribution < -0.4 is 5.32 Å². The first-order chi connectivity index (χ1) is 9.69. The lowest BCUT2D eigenvalue weighted by Gasteiger charge is -2.36. The van der Waals surface area contributed by atoms with Crippen LogP contribution in [0.2, 0.25) is 0 Å². The maximum Gasteiger partial charge on any atom is 0.281 e. The first-order valence-electron chi connectivity index (χ1n) is 7.72. The summed E-state index contributed by atoms with van der Waals surface area (Å²) in [5.41, 5.74) is 0.00393. The molecule has 0 aromatic heterocycles. The van der Waals surface area contributed by atoms with Gasteiger partial charge in [0.05, 0.1) is 13.2 Å². The fraction of sp³-hybridized carbons (Fsp3) is 1.00. The second-order valence-corrected chi connectivity index (χ2v) is 8.71. The Hall–Kier alpha value is -0.210. The zero-order chi connectivity index (χ0) is 16.1. The van der Waals surface area contributed by atoms with Gasteiger partial charge in [0.25, 0.3) is 10.2 Å². The van der Waals surface area contributed by atoms with Crippen molar-refractivity contribution in [2.24, 2.45) is 5.41 Å². The molecule has 1 aliphatic heterocycles. The summed E-state index contributed by atoms with van der Waals surface area (Å²) in [6, 6.07) is 0.123. The van der Waals surface area contributed by atoms with Gasteiger partial charge in [-0.1, -0.05) is 27.7 Å². The van der Waals surface area contributed by atoms with E-state index in [9.17, 15) is 8.42 Å². The summed E-state index contributed by atoms with van der Waals surface area (Å²) in [5.74, 6) is 0. The number of hydrogen-bond donors (Lipinski definition) is 1. The molecule has 126 valence electrons. The summed E-state index contributed by atoms with van der Waals surface area (Å²) in [4.78, 5) is 0. The normalized spacial score (nSPS) is 19.9. The molecule has 0 spiro atoms. The standard InChI is InChI=1S/C14H31N3O3S/c1-6-7-15-13(14(2,3)4)12-16(5)21(18,19)17-8-10-20-11-9-17/h13,15H,6-12H2,1-5H3/t13-/m1/s1. The second-order valence-electron chi connectivity index (χ2n) is 6.67. The number of likely N-dealkylation sites (N-methyl/N-ethyl adjacent to an activating group) is 1. The van der Waals surface area contributed by atoms with Crippen LogP contribution in [0, 0.1) is 5.41 Å². The SMILES string of the molecule is CCCN[C@H](CN(C)S(=O)(=O)N1CCOCC1)C(C)(C)C. The Kier molecular flexibility index (Phi) is 7.06. The van der Waals surface area contributed by atoms with Crippen molar-refractivity contribution < 1.29 is 13.2 Å². The van der Waals surface area contributed by atoms with Gasteiger partial charge in [0.1, 0.15) is 0 Å². The molecule has 0 bridgehead atoms. The first-order valence-corrected chi connectivity index (χ1v) is 9.11. The molecule has 6 nitrogen and oxygen atoms in total. The smallest absolute Gasteiger partial charge is 0.281 e. The summed E-state index contributed by atoms with van der Waals surface area (Å²) in [6.07, 6.45) is 1.03. The summed E-state index contributed by atoms with van der Waals surface area (Å²) < 4.78 is 33.4. The van der Waals surface area contributed by atoms with Crippen molar-refractivity contribution in [2.75, 3.05) is 46.4 Å². The summed E-state index contributed by atoms with van der Waals surface area (Å²) in [6.45, 7) is 11.7. The molecule has 0 radical (unpaired) electrons. The van der Waals surface area contributed by atoms with Crippen LogP contribution in [-0.2, 0) is 14.9 Å². The average molecular weight is 321 g/mol. The van der Waals surface area contributed by atoms with Crippen molar-refractivity contribution in [3.8, 4) is 0 Å². The Balaban J connectivity index is 2.72. The van der Waals surface area contributed by atoms with Crippen LogP contribution in [-0.4, -0.2) is 69.5 Å². The topological polar surface area (TPSA) is 61.9 Å². The maximum atomic E-state index is 12.6. The van der Waals surface area contributed by atoms with E-state index in [1.165, 1.54) is 8.61 Å². The van der Waals surface area contributed by atoms with Crippen molar-refractivity contribution in [1.82, 2.24) is 13.9 Å². The molecule has 0 unspecified atom stereocenters. The fourth-order valence-corrected chi connectivity index (χ4v) is 3.63. The van der Waals surface area contributed by atoms with Crippen LogP contribution in [0.25, 0.3) is 0 Å². The molecule has 0 saturated carbocycles. The molecule has 1 aliphatic rings. The summed E-state index contributed by atoms with van der Waals surface area (Å²) in [7, 11) is -1.73. The molecule has 0 aliphatic carbocycles. The van der Waals surface area contributed by atoms with Crippen molar-refractivity contribution in [1.29, 1.82) is 0 Å². The number of morpholine rings is 1. The molecule has 1 fully saturated rings. The average Bonchev–Trinajstić information content (AvgIpc) is 2.42. The van der Waals surface area contributed by atoms with Crippen molar-refractivity contribution in [3.05, 3.63) is 0 Å². The monoisotopic (exact) mass is 321 g/mol. The van der Waals surface area contributed by atoms with E-state index < -0.39 is 10.2 Å². The van der Waals surface area contributed by atoms with E-state index >= 15 is 0 Å². The number of nitrogens with zero attached hydrogens (tertiary/aromatic N) is 2. The quantitative estimate of drug-likeness (QED) is 0.757. The lowest BCUT2D eigenvalue weighted by Crippen LogP contribution is -2.53. The second kappa shape index (κ2) is 7.87. The van der Waals surface area contributed by atoms with E-state index in [0.717, 1.165) is 13.0 Å². The third-order valence-electron chi connectivity index (χ3n) is 3.82. The van der Waals surface area contributed by atoms with Crippen LogP contribution in [0.3, 0.4) is 0 Å². The lowest BCUT2D eigenvalue weighted by molar-refractivity contribution is 0.0701. The molecule has 0 amide bonds. The summed E-state index contributed by atoms with van der Waals surface area (Å²) >= 11 is 0. The minimum absolute atomic E-state index is 0.00393. The number of nitrogens with one attached hydrogen (secondary N) is 1. The van der Waals surface area contributed by atoms with Crippen molar-refractivity contribution in [3.63, 3.8) is 0 Å². The van der Waals surface area contributed by atoms with E-state index in [2.05, 4.69) is 33.0 Å². The Morgan fingerprint density at radius 2 is 1.86 bits per heavy atom. The molecule has 7 heteroatoms. The van der Waals surface area contributed by atoms with E-state index in [0.29, 0.717) is 32.8 Å². The Bertz CT molecular complexity index is 400. The molecule has 0 aromatic rings. The first kappa shape index (κ1) is 18.8. The van der Waals surface area contributed by atoms with E-state index in [-0.39, 0.29) is 11.5 Å². The molecule has 1 N–H and O–H groups in total. The molecule has 0 aromatic carbocycles. The van der Waals surface area contributed by atoms with Crippen LogP contribution in [0.15, 0.2) is 0 Å². The lowest BCUT2D eigenvalue weighted by atomic mass is 9.86. The molecular weight excluding hydrogens is 290 g/mol. The van der Waals surface area contributed by atoms with Gasteiger partial charge in [-0.25, -0.2) is 0 Å². The van der Waals surface area contributed by atoms with Gasteiger partial charge in [0.2, 0.25) is 0 Å². The zero-order valence-corrected chi connectivity index (χ0v) is 14.9. The highest BCUT2D eigenvalue weighted by atomic mass is 32.2. The third-order valence-corrected chi connectivity index (χ3v) is 5.77. The number of rotatable bonds is 7. The van der Waals surface area contributed by atoms with Crippen LogP contribution in [0.4, 0.5) is 0 Å². The van der Waals surface area contributed by atoms with Crippen molar-refractivity contribution >= 4 is 10.2 Å². The van der Waals surface area contributed by atoms with Crippen LogP contribution in [0.5, 0.6) is 0 Å². The minimum atomic E-state index is -3.40. The highest BCUT2D eigenvalue weighted by Crippen LogP contribution is 2.21. The molecule has 1 saturated heterocycles. The highest BCUT2D eigenvalue weighted by molar-refractivity contribution is 7.86. The summed E-state index contributed by atoms with van der Waals surface area (Å²) in [5, 5.41) is 3.47. The van der Waals surface area contributed by atoms with E-state index in [4.69, 9.17) is 4.74 Å². The minimum Gasteiger partial charge on any atom is -0.379 e. The Morgan fingerprint density at radius 1 is 1.29 bits per heavy atom. The number of hydrogen-bond acceptors (Lipinski definition) is 4. The van der Waals surface area contributed by atoms with Gasteiger partial charge in [-0.3, -0.25) is 0 Å². The molecule has 1 heterocycles. The fourth-order valence-electron chi connectivity index (χ4n) is 2.29. The van der Waals surface area contributed by atoms with Crippen LogP contribution in [0.1, 0.15) is 34.1 Å². The maximum absolute atomic E-state index is 12.6. The van der Waals surface area contributed by atoms with Gasteiger partial charge in [-0.05, 0) is 18.4 Å². The largest absolute Gasteiger partial charge is 0.379 e. The van der Waals surface area contributed by atoms with Gasteiger partial charge in [0, 0.05) is 32.7 Å².